The van der Waals surface area contributed by atoms with E-state index in [0.717, 1.165) is 48.8 Å². The van der Waals surface area contributed by atoms with Gasteiger partial charge >= 0.3 is 0 Å². The number of morpholine rings is 1. The van der Waals surface area contributed by atoms with Crippen molar-refractivity contribution < 1.29 is 9.53 Å². The number of nitrogens with zero attached hydrogens (tertiary/aromatic N) is 6. The lowest BCUT2D eigenvalue weighted by Gasteiger charge is -2.29. The minimum absolute atomic E-state index is 0.0827. The van der Waals surface area contributed by atoms with Gasteiger partial charge in [-0.1, -0.05) is 12.1 Å². The second-order valence-electron chi connectivity index (χ2n) is 8.18. The van der Waals surface area contributed by atoms with E-state index in [2.05, 4.69) is 45.3 Å². The third-order valence-electron chi connectivity index (χ3n) is 6.08. The first-order valence-electron chi connectivity index (χ1n) is 10.9. The molecule has 0 atom stereocenters. The molecular weight excluding hydrogens is 404 g/mol. The molecule has 1 fully saturated rings. The van der Waals surface area contributed by atoms with Crippen molar-refractivity contribution in [2.45, 2.75) is 33.2 Å². The summed E-state index contributed by atoms with van der Waals surface area (Å²) in [6, 6.07) is 10.5. The summed E-state index contributed by atoms with van der Waals surface area (Å²) in [6.07, 6.45) is 2.51. The second kappa shape index (κ2) is 9.37. The lowest BCUT2D eigenvalue weighted by atomic mass is 10.1. The highest BCUT2D eigenvalue weighted by molar-refractivity contribution is 5.76. The molecule has 0 aliphatic carbocycles. The Labute approximate surface area is 188 Å². The zero-order chi connectivity index (χ0) is 22.7. The highest BCUT2D eigenvalue weighted by Gasteiger charge is 2.17. The van der Waals surface area contributed by atoms with E-state index in [0.29, 0.717) is 30.6 Å². The fourth-order valence-corrected chi connectivity index (χ4v) is 4.17. The Hall–Kier alpha value is -3.44. The van der Waals surface area contributed by atoms with Gasteiger partial charge in [0.05, 0.1) is 19.4 Å². The molecule has 3 heterocycles. The van der Waals surface area contributed by atoms with Gasteiger partial charge in [-0.15, -0.1) is 0 Å². The first-order valence-corrected chi connectivity index (χ1v) is 10.9. The number of anilines is 1. The molecule has 1 amide bonds. The molecule has 0 saturated carbocycles. The van der Waals surface area contributed by atoms with Crippen LogP contribution in [0.2, 0.25) is 0 Å². The molecule has 1 aliphatic rings. The summed E-state index contributed by atoms with van der Waals surface area (Å²) in [5, 5.41) is 13.5. The van der Waals surface area contributed by atoms with E-state index in [1.165, 1.54) is 11.9 Å². The summed E-state index contributed by atoms with van der Waals surface area (Å²) in [5.74, 6) is 0.0827. The van der Waals surface area contributed by atoms with Gasteiger partial charge in [-0.25, -0.2) is 9.50 Å². The summed E-state index contributed by atoms with van der Waals surface area (Å²) in [5.41, 5.74) is 6.08. The Morgan fingerprint density at radius 2 is 1.94 bits per heavy atom. The van der Waals surface area contributed by atoms with Crippen LogP contribution in [0.4, 0.5) is 5.69 Å². The van der Waals surface area contributed by atoms with Crippen LogP contribution in [0, 0.1) is 25.2 Å². The van der Waals surface area contributed by atoms with Crippen molar-refractivity contribution in [2.24, 2.45) is 0 Å². The summed E-state index contributed by atoms with van der Waals surface area (Å²) in [4.78, 5) is 21.4. The molecular formula is C24H28N6O2. The van der Waals surface area contributed by atoms with Crippen molar-refractivity contribution in [1.29, 1.82) is 5.26 Å². The lowest BCUT2D eigenvalue weighted by Crippen LogP contribution is -2.36. The van der Waals surface area contributed by atoms with Crippen LogP contribution in [0.15, 0.2) is 30.5 Å². The Balaban J connectivity index is 1.37. The minimum Gasteiger partial charge on any atom is -0.378 e. The maximum atomic E-state index is 12.8. The van der Waals surface area contributed by atoms with Crippen LogP contribution in [0.3, 0.4) is 0 Å². The van der Waals surface area contributed by atoms with Gasteiger partial charge in [-0.3, -0.25) is 4.79 Å². The zero-order valence-electron chi connectivity index (χ0n) is 18.8. The number of fused-ring (bicyclic) bond motifs is 1. The van der Waals surface area contributed by atoms with Crippen LogP contribution in [0.5, 0.6) is 0 Å². The van der Waals surface area contributed by atoms with Gasteiger partial charge in [0, 0.05) is 50.2 Å². The molecule has 0 spiro atoms. The highest BCUT2D eigenvalue weighted by atomic mass is 16.5. The van der Waals surface area contributed by atoms with Crippen LogP contribution in [-0.4, -0.2) is 58.8 Å². The van der Waals surface area contributed by atoms with E-state index < -0.39 is 0 Å². The van der Waals surface area contributed by atoms with Crippen molar-refractivity contribution >= 4 is 17.2 Å². The SMILES string of the molecule is Cc1nc2c(C#N)cnn2c(C)c1CCC(=O)N(C)Cc1ccc(N2CCOCC2)cc1. The van der Waals surface area contributed by atoms with Gasteiger partial charge in [-0.2, -0.15) is 10.4 Å². The molecule has 1 aromatic carbocycles. The number of hydrogen-bond donors (Lipinski definition) is 0. The predicted molar refractivity (Wildman–Crippen MR) is 121 cm³/mol. The Bertz CT molecular complexity index is 1160. The second-order valence-corrected chi connectivity index (χ2v) is 8.18. The van der Waals surface area contributed by atoms with Crippen LogP contribution < -0.4 is 4.90 Å². The number of aromatic nitrogens is 3. The maximum absolute atomic E-state index is 12.8. The highest BCUT2D eigenvalue weighted by Crippen LogP contribution is 2.20. The lowest BCUT2D eigenvalue weighted by molar-refractivity contribution is -0.130. The third kappa shape index (κ3) is 4.43. The number of rotatable bonds is 6. The predicted octanol–water partition coefficient (Wildman–Crippen LogP) is 2.65. The average molecular weight is 433 g/mol. The normalized spacial score (nSPS) is 13.9. The van der Waals surface area contributed by atoms with Crippen LogP contribution in [0.25, 0.3) is 5.65 Å². The number of nitriles is 1. The minimum atomic E-state index is 0.0827. The fourth-order valence-electron chi connectivity index (χ4n) is 4.17. The van der Waals surface area contributed by atoms with Crippen molar-refractivity contribution in [3.05, 3.63) is 58.5 Å². The van der Waals surface area contributed by atoms with Crippen LogP contribution in [0.1, 0.15) is 34.5 Å². The number of hydrogen-bond acceptors (Lipinski definition) is 6. The van der Waals surface area contributed by atoms with Crippen LogP contribution >= 0.6 is 0 Å². The first kappa shape index (κ1) is 21.8. The van der Waals surface area contributed by atoms with Crippen molar-refractivity contribution in [3.8, 4) is 6.07 Å². The fraction of sp³-hybridized carbons (Fsp3) is 0.417. The molecule has 3 aromatic rings. The number of ether oxygens (including phenoxy) is 1. The maximum Gasteiger partial charge on any atom is 0.222 e. The van der Waals surface area contributed by atoms with Gasteiger partial charge < -0.3 is 14.5 Å². The average Bonchev–Trinajstić information content (AvgIpc) is 3.22. The van der Waals surface area contributed by atoms with E-state index in [1.54, 1.807) is 9.42 Å². The van der Waals surface area contributed by atoms with E-state index >= 15 is 0 Å². The third-order valence-corrected chi connectivity index (χ3v) is 6.08. The topological polar surface area (TPSA) is 86.8 Å². The van der Waals surface area contributed by atoms with E-state index in [4.69, 9.17) is 4.74 Å². The molecule has 0 bridgehead atoms. The summed E-state index contributed by atoms with van der Waals surface area (Å²) in [6.45, 7) is 7.79. The molecule has 166 valence electrons. The van der Waals surface area contributed by atoms with Gasteiger partial charge in [0.1, 0.15) is 11.6 Å². The Morgan fingerprint density at radius 1 is 1.22 bits per heavy atom. The molecule has 0 unspecified atom stereocenters. The quantitative estimate of drug-likeness (QED) is 0.595. The number of amides is 1. The Morgan fingerprint density at radius 3 is 2.62 bits per heavy atom. The summed E-state index contributed by atoms with van der Waals surface area (Å²) in [7, 11) is 1.84. The van der Waals surface area contributed by atoms with E-state index in [9.17, 15) is 10.1 Å². The Kier molecular flexibility index (Phi) is 6.37. The molecule has 8 nitrogen and oxygen atoms in total. The molecule has 2 aromatic heterocycles. The molecule has 0 N–H and O–H groups in total. The smallest absolute Gasteiger partial charge is 0.222 e. The standard InChI is InChI=1S/C24H28N6O2/c1-17-22(18(2)30-24(27-17)20(14-25)15-26-30)8-9-23(31)28(3)16-19-4-6-21(7-5-19)29-10-12-32-13-11-29/h4-7,15H,8-13,16H2,1-3H3. The van der Waals surface area contributed by atoms with E-state index in [-0.39, 0.29) is 5.91 Å². The van der Waals surface area contributed by atoms with Crippen LogP contribution in [-0.2, 0) is 22.5 Å². The molecule has 1 aliphatic heterocycles. The number of carbonyl (C=O) groups excluding carboxylic acids is 1. The van der Waals surface area contributed by atoms with Gasteiger partial charge in [0.15, 0.2) is 5.65 Å². The van der Waals surface area contributed by atoms with Gasteiger partial charge in [0.2, 0.25) is 5.91 Å². The largest absolute Gasteiger partial charge is 0.378 e. The zero-order valence-corrected chi connectivity index (χ0v) is 18.8. The number of carbonyl (C=O) groups is 1. The first-order chi connectivity index (χ1) is 15.5. The van der Waals surface area contributed by atoms with Crippen molar-refractivity contribution in [1.82, 2.24) is 19.5 Å². The summed E-state index contributed by atoms with van der Waals surface area (Å²) < 4.78 is 7.10. The molecule has 32 heavy (non-hydrogen) atoms. The van der Waals surface area contributed by atoms with E-state index in [1.807, 2.05) is 20.9 Å². The van der Waals surface area contributed by atoms with Gasteiger partial charge in [0.25, 0.3) is 0 Å². The van der Waals surface area contributed by atoms with Crippen molar-refractivity contribution in [2.75, 3.05) is 38.3 Å². The van der Waals surface area contributed by atoms with Crippen molar-refractivity contribution in [3.63, 3.8) is 0 Å². The molecule has 0 radical (unpaired) electrons. The monoisotopic (exact) mass is 432 g/mol. The number of aryl methyl sites for hydroxylation is 2. The number of benzene rings is 1. The summed E-state index contributed by atoms with van der Waals surface area (Å²) >= 11 is 0. The molecule has 4 rings (SSSR count). The molecule has 1 saturated heterocycles. The molecule has 8 heteroatoms. The van der Waals surface area contributed by atoms with Gasteiger partial charge in [-0.05, 0) is 43.5 Å².